The number of piperazine rings is 1. The molecule has 0 spiro atoms. The standard InChI is InChI=1S/C27H34FN5O2S2/c1-3-30-14-16-31(17-15-30)12-5-13-32-24(19-25(34)29-21-10-8-20(28)9-11-21)26(35)33(27(32)36)22-6-4-7-23(18-22)37-2/h4,6-11,18,24H,3,5,12-17,19H2,1-2H3,(H,29,34)/t24-/m1/s1. The lowest BCUT2D eigenvalue weighted by molar-refractivity contribution is -0.124. The molecule has 0 radical (unpaired) electrons. The van der Waals surface area contributed by atoms with E-state index in [-0.39, 0.29) is 24.1 Å². The number of hydrogen-bond donors (Lipinski definition) is 1. The van der Waals surface area contributed by atoms with E-state index in [1.54, 1.807) is 16.7 Å². The number of carbonyl (C=O) groups is 2. The van der Waals surface area contributed by atoms with E-state index in [1.165, 1.54) is 24.3 Å². The first-order valence-corrected chi connectivity index (χ1v) is 14.3. The summed E-state index contributed by atoms with van der Waals surface area (Å²) in [6, 6.07) is 12.6. The van der Waals surface area contributed by atoms with Crippen molar-refractivity contribution in [2.75, 3.05) is 62.3 Å². The Kier molecular flexibility index (Phi) is 9.53. The number of rotatable bonds is 10. The summed E-state index contributed by atoms with van der Waals surface area (Å²) >= 11 is 7.40. The van der Waals surface area contributed by atoms with Crippen LogP contribution in [-0.2, 0) is 9.59 Å². The van der Waals surface area contributed by atoms with Gasteiger partial charge >= 0.3 is 0 Å². The van der Waals surface area contributed by atoms with E-state index in [0.29, 0.717) is 23.0 Å². The lowest BCUT2D eigenvalue weighted by Crippen LogP contribution is -2.47. The summed E-state index contributed by atoms with van der Waals surface area (Å²) < 4.78 is 13.3. The predicted octanol–water partition coefficient (Wildman–Crippen LogP) is 3.91. The number of benzene rings is 2. The number of thioether (sulfide) groups is 1. The fourth-order valence-electron chi connectivity index (χ4n) is 4.79. The summed E-state index contributed by atoms with van der Waals surface area (Å²) in [5, 5.41) is 3.21. The van der Waals surface area contributed by atoms with E-state index >= 15 is 0 Å². The minimum Gasteiger partial charge on any atom is -0.336 e. The molecule has 198 valence electrons. The van der Waals surface area contributed by atoms with Gasteiger partial charge in [-0.2, -0.15) is 0 Å². The van der Waals surface area contributed by atoms with Gasteiger partial charge in [-0.1, -0.05) is 13.0 Å². The highest BCUT2D eigenvalue weighted by Crippen LogP contribution is 2.30. The SMILES string of the molecule is CCN1CCN(CCCN2C(=S)N(c3cccc(SC)c3)C(=O)[C@H]2CC(=O)Nc2ccc(F)cc2)CC1. The van der Waals surface area contributed by atoms with Gasteiger partial charge in [-0.15, -0.1) is 11.8 Å². The van der Waals surface area contributed by atoms with Crippen LogP contribution in [0.25, 0.3) is 0 Å². The van der Waals surface area contributed by atoms with Gasteiger partial charge in [-0.05, 0) is 80.4 Å². The number of hydrogen-bond acceptors (Lipinski definition) is 6. The van der Waals surface area contributed by atoms with Crippen LogP contribution in [0.4, 0.5) is 15.8 Å². The number of likely N-dealkylation sites (N-methyl/N-ethyl adjacent to an activating group) is 1. The van der Waals surface area contributed by atoms with E-state index in [9.17, 15) is 14.0 Å². The number of nitrogens with zero attached hydrogens (tertiary/aromatic N) is 4. The zero-order chi connectivity index (χ0) is 26.4. The molecule has 4 rings (SSSR count). The van der Waals surface area contributed by atoms with Gasteiger partial charge in [0.05, 0.1) is 12.1 Å². The number of anilines is 2. The summed E-state index contributed by atoms with van der Waals surface area (Å²) in [5.41, 5.74) is 1.20. The maximum absolute atomic E-state index is 13.6. The zero-order valence-electron chi connectivity index (χ0n) is 21.4. The second-order valence-corrected chi connectivity index (χ2v) is 10.5. The monoisotopic (exact) mass is 543 g/mol. The molecular formula is C27H34FN5O2S2. The van der Waals surface area contributed by atoms with E-state index in [4.69, 9.17) is 12.2 Å². The van der Waals surface area contributed by atoms with Crippen molar-refractivity contribution in [2.45, 2.75) is 30.7 Å². The summed E-state index contributed by atoms with van der Waals surface area (Å²) in [5.74, 6) is -0.887. The smallest absolute Gasteiger partial charge is 0.256 e. The Morgan fingerprint density at radius 1 is 1.08 bits per heavy atom. The molecular weight excluding hydrogens is 509 g/mol. The molecule has 0 bridgehead atoms. The largest absolute Gasteiger partial charge is 0.336 e. The highest BCUT2D eigenvalue weighted by molar-refractivity contribution is 7.98. The van der Waals surface area contributed by atoms with Crippen LogP contribution >= 0.6 is 24.0 Å². The molecule has 2 saturated heterocycles. The zero-order valence-corrected chi connectivity index (χ0v) is 23.0. The summed E-state index contributed by atoms with van der Waals surface area (Å²) in [4.78, 5) is 35.9. The lowest BCUT2D eigenvalue weighted by Gasteiger charge is -2.34. The Balaban J connectivity index is 1.46. The average Bonchev–Trinajstić information content (AvgIpc) is 3.14. The van der Waals surface area contributed by atoms with Crippen LogP contribution in [0.3, 0.4) is 0 Å². The van der Waals surface area contributed by atoms with Crippen molar-refractivity contribution in [1.82, 2.24) is 14.7 Å². The quantitative estimate of drug-likeness (QED) is 0.360. The molecule has 1 atom stereocenters. The Bertz CT molecular complexity index is 1110. The van der Waals surface area contributed by atoms with E-state index in [2.05, 4.69) is 22.0 Å². The van der Waals surface area contributed by atoms with Crippen LogP contribution in [0.15, 0.2) is 53.4 Å². The minimum atomic E-state index is -0.692. The van der Waals surface area contributed by atoms with E-state index < -0.39 is 6.04 Å². The van der Waals surface area contributed by atoms with Gasteiger partial charge in [-0.25, -0.2) is 4.39 Å². The van der Waals surface area contributed by atoms with Crippen LogP contribution in [-0.4, -0.2) is 89.7 Å². The molecule has 2 amide bonds. The molecule has 1 N–H and O–H groups in total. The maximum atomic E-state index is 13.6. The molecule has 2 aliphatic rings. The molecule has 0 saturated carbocycles. The van der Waals surface area contributed by atoms with Crippen molar-refractivity contribution in [1.29, 1.82) is 0 Å². The number of amides is 2. The van der Waals surface area contributed by atoms with Crippen molar-refractivity contribution >= 4 is 52.3 Å². The minimum absolute atomic E-state index is 0.0375. The predicted molar refractivity (Wildman–Crippen MR) is 152 cm³/mol. The molecule has 2 aromatic carbocycles. The second kappa shape index (κ2) is 12.8. The lowest BCUT2D eigenvalue weighted by atomic mass is 10.1. The average molecular weight is 544 g/mol. The van der Waals surface area contributed by atoms with E-state index in [0.717, 1.165) is 50.6 Å². The Morgan fingerprint density at radius 2 is 1.78 bits per heavy atom. The van der Waals surface area contributed by atoms with Crippen LogP contribution in [0.5, 0.6) is 0 Å². The fraction of sp³-hybridized carbons (Fsp3) is 0.444. The molecule has 37 heavy (non-hydrogen) atoms. The maximum Gasteiger partial charge on any atom is 0.256 e. The molecule has 2 heterocycles. The third-order valence-electron chi connectivity index (χ3n) is 6.92. The number of halogens is 1. The third-order valence-corrected chi connectivity index (χ3v) is 8.06. The summed E-state index contributed by atoms with van der Waals surface area (Å²) in [7, 11) is 0. The molecule has 0 aromatic heterocycles. The summed E-state index contributed by atoms with van der Waals surface area (Å²) in [6.45, 7) is 8.99. The van der Waals surface area contributed by atoms with Gasteiger partial charge in [-0.3, -0.25) is 14.5 Å². The number of nitrogens with one attached hydrogen (secondary N) is 1. The van der Waals surface area contributed by atoms with Gasteiger partial charge in [0, 0.05) is 43.3 Å². The van der Waals surface area contributed by atoms with Gasteiger partial charge < -0.3 is 20.0 Å². The van der Waals surface area contributed by atoms with Crippen LogP contribution < -0.4 is 10.2 Å². The second-order valence-electron chi connectivity index (χ2n) is 9.26. The van der Waals surface area contributed by atoms with Crippen molar-refractivity contribution in [3.05, 3.63) is 54.3 Å². The van der Waals surface area contributed by atoms with E-state index in [1.807, 2.05) is 35.4 Å². The molecule has 0 aliphatic carbocycles. The molecule has 2 fully saturated rings. The van der Waals surface area contributed by atoms with Crippen LogP contribution in [0, 0.1) is 5.82 Å². The number of thiocarbonyl (C=S) groups is 1. The van der Waals surface area contributed by atoms with Crippen LogP contribution in [0.2, 0.25) is 0 Å². The molecule has 7 nitrogen and oxygen atoms in total. The number of carbonyl (C=O) groups excluding carboxylic acids is 2. The molecule has 10 heteroatoms. The molecule has 0 unspecified atom stereocenters. The van der Waals surface area contributed by atoms with Crippen molar-refractivity contribution in [3.8, 4) is 0 Å². The van der Waals surface area contributed by atoms with Gasteiger partial charge in [0.1, 0.15) is 11.9 Å². The highest BCUT2D eigenvalue weighted by atomic mass is 32.2. The fourth-order valence-corrected chi connectivity index (χ4v) is 5.66. The normalized spacial score (nSPS) is 19.1. The van der Waals surface area contributed by atoms with Crippen molar-refractivity contribution in [2.24, 2.45) is 0 Å². The van der Waals surface area contributed by atoms with Gasteiger partial charge in [0.25, 0.3) is 5.91 Å². The molecule has 2 aliphatic heterocycles. The topological polar surface area (TPSA) is 59.1 Å². The first-order valence-electron chi connectivity index (χ1n) is 12.7. The Labute approximate surface area is 228 Å². The third kappa shape index (κ3) is 6.87. The Morgan fingerprint density at radius 3 is 2.46 bits per heavy atom. The molecule has 2 aromatic rings. The van der Waals surface area contributed by atoms with Gasteiger partial charge in [0.15, 0.2) is 5.11 Å². The first kappa shape index (κ1) is 27.5. The van der Waals surface area contributed by atoms with Crippen molar-refractivity contribution < 1.29 is 14.0 Å². The van der Waals surface area contributed by atoms with Crippen molar-refractivity contribution in [3.63, 3.8) is 0 Å². The first-order chi connectivity index (χ1) is 17.9. The highest BCUT2D eigenvalue weighted by Gasteiger charge is 2.44. The Hall–Kier alpha value is -2.53. The summed E-state index contributed by atoms with van der Waals surface area (Å²) in [6.07, 6.45) is 2.79. The van der Waals surface area contributed by atoms with Crippen LogP contribution in [0.1, 0.15) is 19.8 Å². The van der Waals surface area contributed by atoms with Gasteiger partial charge in [0.2, 0.25) is 5.91 Å².